The molecule has 0 bridgehead atoms. The summed E-state index contributed by atoms with van der Waals surface area (Å²) in [5.74, 6) is 0.176. The molecule has 6 heteroatoms. The summed E-state index contributed by atoms with van der Waals surface area (Å²) in [6.45, 7) is 1.92. The number of hydrogen-bond donors (Lipinski definition) is 0. The Kier molecular flexibility index (Phi) is 5.40. The smallest absolute Gasteiger partial charge is 0.331 e. The van der Waals surface area contributed by atoms with E-state index in [4.69, 9.17) is 9.15 Å². The minimum atomic E-state index is -0.477. The third-order valence-electron chi connectivity index (χ3n) is 3.33. The molecule has 0 amide bonds. The number of benzene rings is 2. The Morgan fingerprint density at radius 3 is 2.84 bits per heavy atom. The fraction of sp³-hybridized carbons (Fsp3) is 0.105. The summed E-state index contributed by atoms with van der Waals surface area (Å²) in [6, 6.07) is 15.3. The van der Waals surface area contributed by atoms with E-state index in [9.17, 15) is 4.79 Å². The van der Waals surface area contributed by atoms with Gasteiger partial charge in [-0.15, -0.1) is 10.2 Å². The standard InChI is InChI=1S/C19H15BrN2O3/c1-13-4-2-6-15(10-13)19-22-21-17(25-19)12-24-18(23)9-8-14-5-3-7-16(20)11-14/h2-11H,12H2,1H3/b9-8+. The Hall–Kier alpha value is -2.73. The van der Waals surface area contributed by atoms with Crippen molar-refractivity contribution in [3.05, 3.63) is 76.1 Å². The van der Waals surface area contributed by atoms with Gasteiger partial charge in [0.05, 0.1) is 0 Å². The number of carbonyl (C=O) groups excluding carboxylic acids is 1. The molecule has 0 atom stereocenters. The van der Waals surface area contributed by atoms with Gasteiger partial charge in [0.2, 0.25) is 5.89 Å². The van der Waals surface area contributed by atoms with Crippen LogP contribution in [0, 0.1) is 6.92 Å². The van der Waals surface area contributed by atoms with Crippen LogP contribution in [0.2, 0.25) is 0 Å². The van der Waals surface area contributed by atoms with Crippen LogP contribution in [-0.4, -0.2) is 16.2 Å². The normalized spacial score (nSPS) is 11.0. The van der Waals surface area contributed by atoms with Crippen molar-refractivity contribution >= 4 is 28.0 Å². The quantitative estimate of drug-likeness (QED) is 0.465. The van der Waals surface area contributed by atoms with Crippen LogP contribution >= 0.6 is 15.9 Å². The third-order valence-corrected chi connectivity index (χ3v) is 3.82. The van der Waals surface area contributed by atoms with Gasteiger partial charge in [-0.3, -0.25) is 0 Å². The van der Waals surface area contributed by atoms with Crippen molar-refractivity contribution in [3.63, 3.8) is 0 Å². The predicted octanol–water partition coefficient (Wildman–Crippen LogP) is 4.56. The molecule has 1 aromatic heterocycles. The molecule has 0 radical (unpaired) electrons. The Bertz CT molecular complexity index is 918. The number of hydrogen-bond acceptors (Lipinski definition) is 5. The lowest BCUT2D eigenvalue weighted by Gasteiger charge is -1.98. The van der Waals surface area contributed by atoms with Gasteiger partial charge in [-0.1, -0.05) is 45.8 Å². The van der Waals surface area contributed by atoms with Crippen molar-refractivity contribution in [2.24, 2.45) is 0 Å². The van der Waals surface area contributed by atoms with Gasteiger partial charge >= 0.3 is 5.97 Å². The van der Waals surface area contributed by atoms with Gasteiger partial charge in [0.15, 0.2) is 6.61 Å². The number of nitrogens with zero attached hydrogens (tertiary/aromatic N) is 2. The summed E-state index contributed by atoms with van der Waals surface area (Å²) < 4.78 is 11.6. The van der Waals surface area contributed by atoms with Gasteiger partial charge in [-0.2, -0.15) is 0 Å². The molecule has 2 aromatic carbocycles. The number of aryl methyl sites for hydroxylation is 1. The van der Waals surface area contributed by atoms with Crippen molar-refractivity contribution in [2.75, 3.05) is 0 Å². The molecule has 25 heavy (non-hydrogen) atoms. The van der Waals surface area contributed by atoms with Crippen molar-refractivity contribution in [3.8, 4) is 11.5 Å². The van der Waals surface area contributed by atoms with Gasteiger partial charge < -0.3 is 9.15 Å². The first-order valence-electron chi connectivity index (χ1n) is 7.60. The van der Waals surface area contributed by atoms with Crippen molar-refractivity contribution in [2.45, 2.75) is 13.5 Å². The topological polar surface area (TPSA) is 65.2 Å². The van der Waals surface area contributed by atoms with Crippen molar-refractivity contribution in [1.29, 1.82) is 0 Å². The molecule has 0 aliphatic heterocycles. The molecule has 0 saturated carbocycles. The average Bonchev–Trinajstić information content (AvgIpc) is 3.07. The van der Waals surface area contributed by atoms with E-state index in [1.807, 2.05) is 55.5 Å². The second-order valence-corrected chi connectivity index (χ2v) is 6.28. The molecule has 0 aliphatic carbocycles. The van der Waals surface area contributed by atoms with Crippen LogP contribution in [0.5, 0.6) is 0 Å². The van der Waals surface area contributed by atoms with Crippen LogP contribution in [0.25, 0.3) is 17.5 Å². The number of esters is 1. The molecule has 0 N–H and O–H groups in total. The first kappa shape index (κ1) is 17.1. The summed E-state index contributed by atoms with van der Waals surface area (Å²) >= 11 is 3.38. The second-order valence-electron chi connectivity index (χ2n) is 5.37. The molecule has 126 valence electrons. The highest BCUT2D eigenvalue weighted by atomic mass is 79.9. The van der Waals surface area contributed by atoms with Crippen molar-refractivity contribution in [1.82, 2.24) is 10.2 Å². The largest absolute Gasteiger partial charge is 0.452 e. The van der Waals surface area contributed by atoms with Gasteiger partial charge in [0, 0.05) is 16.1 Å². The summed E-state index contributed by atoms with van der Waals surface area (Å²) in [7, 11) is 0. The molecule has 0 saturated heterocycles. The molecule has 0 spiro atoms. The first-order chi connectivity index (χ1) is 12.1. The average molecular weight is 399 g/mol. The number of carbonyl (C=O) groups is 1. The van der Waals surface area contributed by atoms with E-state index in [0.717, 1.165) is 21.2 Å². The zero-order valence-electron chi connectivity index (χ0n) is 13.5. The van der Waals surface area contributed by atoms with Crippen LogP contribution in [0.1, 0.15) is 17.0 Å². The van der Waals surface area contributed by atoms with Gasteiger partial charge in [-0.25, -0.2) is 4.79 Å². The van der Waals surface area contributed by atoms with Crippen LogP contribution in [-0.2, 0) is 16.1 Å². The molecule has 3 aromatic rings. The van der Waals surface area contributed by atoms with Gasteiger partial charge in [-0.05, 0) is 42.8 Å². The zero-order chi connectivity index (χ0) is 17.6. The van der Waals surface area contributed by atoms with E-state index < -0.39 is 5.97 Å². The molecule has 3 rings (SSSR count). The number of aromatic nitrogens is 2. The maximum Gasteiger partial charge on any atom is 0.331 e. The molecule has 1 heterocycles. The second kappa shape index (κ2) is 7.90. The monoisotopic (exact) mass is 398 g/mol. The molecular weight excluding hydrogens is 384 g/mol. The number of halogens is 1. The van der Waals surface area contributed by atoms with Gasteiger partial charge in [0.1, 0.15) is 0 Å². The van der Waals surface area contributed by atoms with Crippen LogP contribution in [0.4, 0.5) is 0 Å². The fourth-order valence-electron chi connectivity index (χ4n) is 2.16. The molecule has 5 nitrogen and oxygen atoms in total. The highest BCUT2D eigenvalue weighted by Crippen LogP contribution is 2.19. The summed E-state index contributed by atoms with van der Waals surface area (Å²) in [4.78, 5) is 11.8. The van der Waals surface area contributed by atoms with Gasteiger partial charge in [0.25, 0.3) is 5.89 Å². The summed E-state index contributed by atoms with van der Waals surface area (Å²) in [5.41, 5.74) is 2.83. The van der Waals surface area contributed by atoms with Crippen LogP contribution in [0.3, 0.4) is 0 Å². The Morgan fingerprint density at radius 2 is 2.04 bits per heavy atom. The maximum absolute atomic E-state index is 11.8. The predicted molar refractivity (Wildman–Crippen MR) is 97.4 cm³/mol. The zero-order valence-corrected chi connectivity index (χ0v) is 15.1. The SMILES string of the molecule is Cc1cccc(-c2nnc(COC(=O)/C=C/c3cccc(Br)c3)o2)c1. The minimum absolute atomic E-state index is 0.0690. The Morgan fingerprint density at radius 1 is 1.20 bits per heavy atom. The van der Waals surface area contributed by atoms with E-state index in [0.29, 0.717) is 5.89 Å². The lowest BCUT2D eigenvalue weighted by molar-refractivity contribution is -0.139. The van der Waals surface area contributed by atoms with E-state index in [1.54, 1.807) is 6.08 Å². The van der Waals surface area contributed by atoms with E-state index in [1.165, 1.54) is 6.08 Å². The maximum atomic E-state index is 11.8. The Balaban J connectivity index is 1.58. The molecular formula is C19H15BrN2O3. The first-order valence-corrected chi connectivity index (χ1v) is 8.39. The summed E-state index contributed by atoms with van der Waals surface area (Å²) in [6.07, 6.45) is 3.04. The minimum Gasteiger partial charge on any atom is -0.452 e. The fourth-order valence-corrected chi connectivity index (χ4v) is 2.58. The highest BCUT2D eigenvalue weighted by Gasteiger charge is 2.10. The molecule has 0 fully saturated rings. The lowest BCUT2D eigenvalue weighted by Crippen LogP contribution is -2.00. The molecule has 0 unspecified atom stereocenters. The lowest BCUT2D eigenvalue weighted by atomic mass is 10.1. The number of ether oxygens (including phenoxy) is 1. The van der Waals surface area contributed by atoms with E-state index in [2.05, 4.69) is 26.1 Å². The summed E-state index contributed by atoms with van der Waals surface area (Å²) in [5, 5.41) is 7.88. The number of rotatable bonds is 5. The molecule has 0 aliphatic rings. The van der Waals surface area contributed by atoms with Crippen LogP contribution in [0.15, 0.2) is 63.5 Å². The highest BCUT2D eigenvalue weighted by molar-refractivity contribution is 9.10. The van der Waals surface area contributed by atoms with Crippen molar-refractivity contribution < 1.29 is 13.9 Å². The van der Waals surface area contributed by atoms with E-state index in [-0.39, 0.29) is 12.5 Å². The Labute approximate surface area is 153 Å². The third kappa shape index (κ3) is 4.87. The van der Waals surface area contributed by atoms with Crippen LogP contribution < -0.4 is 0 Å². The van der Waals surface area contributed by atoms with E-state index >= 15 is 0 Å².